The summed E-state index contributed by atoms with van der Waals surface area (Å²) in [7, 11) is 3.66. The average molecular weight is 781 g/mol. The first-order valence-corrected chi connectivity index (χ1v) is 19.6. The fourth-order valence-electron chi connectivity index (χ4n) is 6.90. The van der Waals surface area contributed by atoms with Gasteiger partial charge in [-0.25, -0.2) is 4.79 Å². The number of epoxide rings is 1. The topological polar surface area (TPSA) is 139 Å². The lowest BCUT2D eigenvalue weighted by molar-refractivity contribution is -0.179. The summed E-state index contributed by atoms with van der Waals surface area (Å²) in [5.74, 6) is -2.08. The molecule has 2 aromatic carbocycles. The van der Waals surface area contributed by atoms with Crippen LogP contribution in [0.4, 0.5) is 0 Å². The van der Waals surface area contributed by atoms with Crippen molar-refractivity contribution in [2.45, 2.75) is 90.9 Å². The van der Waals surface area contributed by atoms with E-state index in [2.05, 4.69) is 51.7 Å². The van der Waals surface area contributed by atoms with Crippen LogP contribution in [0.5, 0.6) is 5.75 Å². The molecule has 3 heterocycles. The minimum Gasteiger partial charge on any atom is -0.495 e. The van der Waals surface area contributed by atoms with Crippen molar-refractivity contribution in [2.24, 2.45) is 17.3 Å². The molecule has 0 bridgehead atoms. The van der Waals surface area contributed by atoms with Gasteiger partial charge in [0.05, 0.1) is 23.7 Å². The molecule has 0 aliphatic carbocycles. The molecule has 0 aromatic heterocycles. The van der Waals surface area contributed by atoms with Gasteiger partial charge < -0.3 is 34.5 Å². The summed E-state index contributed by atoms with van der Waals surface area (Å²) < 4.78 is 23.4. The molecule has 0 unspecified atom stereocenters. The minimum absolute atomic E-state index is 0.0146. The highest BCUT2D eigenvalue weighted by Gasteiger charge is 2.48. The normalized spacial score (nSPS) is 26.5. The molecule has 3 aliphatic rings. The monoisotopic (exact) mass is 780 g/mol. The van der Waals surface area contributed by atoms with Crippen LogP contribution in [0.3, 0.4) is 0 Å². The lowest BCUT2D eigenvalue weighted by atomic mass is 9.92. The predicted octanol–water partition coefficient (Wildman–Crippen LogP) is 4.87. The van der Waals surface area contributed by atoms with E-state index in [-0.39, 0.29) is 49.9 Å². The molecule has 2 saturated heterocycles. The Labute approximate surface area is 330 Å². The maximum atomic E-state index is 13.8. The van der Waals surface area contributed by atoms with E-state index in [9.17, 15) is 19.2 Å². The van der Waals surface area contributed by atoms with Crippen LogP contribution in [-0.2, 0) is 46.4 Å². The van der Waals surface area contributed by atoms with Crippen LogP contribution < -0.4 is 15.4 Å². The Morgan fingerprint density at radius 2 is 1.65 bits per heavy atom. The molecule has 55 heavy (non-hydrogen) atoms. The van der Waals surface area contributed by atoms with Crippen LogP contribution in [0.1, 0.15) is 70.3 Å². The zero-order valence-electron chi connectivity index (χ0n) is 33.1. The molecular formula is C42H57ClN4O8. The van der Waals surface area contributed by atoms with E-state index < -0.39 is 47.4 Å². The summed E-state index contributed by atoms with van der Waals surface area (Å²) in [5.41, 5.74) is 1.78. The van der Waals surface area contributed by atoms with Crippen LogP contribution >= 0.6 is 11.6 Å². The van der Waals surface area contributed by atoms with Crippen molar-refractivity contribution in [3.05, 3.63) is 76.3 Å². The number of amides is 2. The van der Waals surface area contributed by atoms with Gasteiger partial charge in [0.2, 0.25) is 11.8 Å². The Morgan fingerprint density at radius 3 is 2.31 bits per heavy atom. The lowest BCUT2D eigenvalue weighted by Gasteiger charge is -2.32. The van der Waals surface area contributed by atoms with Gasteiger partial charge in [0.1, 0.15) is 24.0 Å². The van der Waals surface area contributed by atoms with E-state index in [0.29, 0.717) is 16.3 Å². The first-order chi connectivity index (χ1) is 26.1. The second-order valence-electron chi connectivity index (χ2n) is 16.2. The summed E-state index contributed by atoms with van der Waals surface area (Å²) in [6.07, 6.45) is 1.29. The van der Waals surface area contributed by atoms with Gasteiger partial charge in [-0.1, -0.05) is 68.8 Å². The number of piperazine rings is 1. The predicted molar refractivity (Wildman–Crippen MR) is 209 cm³/mol. The molecule has 2 aromatic rings. The Morgan fingerprint density at radius 1 is 0.964 bits per heavy atom. The largest absolute Gasteiger partial charge is 0.495 e. The van der Waals surface area contributed by atoms with Gasteiger partial charge in [0.25, 0.3) is 0 Å². The highest BCUT2D eigenvalue weighted by Crippen LogP contribution is 2.45. The number of nitrogens with one attached hydrogen (secondary N) is 2. The number of hydrogen-bond donors (Lipinski definition) is 2. The summed E-state index contributed by atoms with van der Waals surface area (Å²) in [6.45, 7) is 14.1. The van der Waals surface area contributed by atoms with Crippen LogP contribution in [0.25, 0.3) is 0 Å². The fourth-order valence-corrected chi connectivity index (χ4v) is 7.18. The van der Waals surface area contributed by atoms with E-state index in [1.165, 1.54) is 18.7 Å². The number of carbonyl (C=O) groups is 4. The van der Waals surface area contributed by atoms with Crippen molar-refractivity contribution in [1.29, 1.82) is 0 Å². The van der Waals surface area contributed by atoms with Crippen molar-refractivity contribution in [3.8, 4) is 5.75 Å². The Hall–Kier alpha value is -3.97. The average Bonchev–Trinajstić information content (AvgIpc) is 3.94. The molecule has 0 radical (unpaired) electrons. The number of nitrogens with zero attached hydrogens (tertiary/aromatic N) is 2. The highest BCUT2D eigenvalue weighted by molar-refractivity contribution is 6.32. The maximum Gasteiger partial charge on any atom is 0.347 e. The van der Waals surface area contributed by atoms with E-state index >= 15 is 0 Å². The van der Waals surface area contributed by atoms with Crippen molar-refractivity contribution in [1.82, 2.24) is 20.4 Å². The third kappa shape index (κ3) is 11.8. The Kier molecular flexibility index (Phi) is 14.4. The van der Waals surface area contributed by atoms with Crippen molar-refractivity contribution in [3.63, 3.8) is 0 Å². The SMILES string of the molecule is COc1ccc(C[C@H]2NC(=O)C=CC[C@@H]([C@H](C)[C@H]3O[C@@H]3c3ccc(CN4CCN(C)CC4)cc3)OC(=O)[C@H](CC(C)C)OC(=O)C(C)(C)CNC2=O)cc1Cl. The van der Waals surface area contributed by atoms with E-state index in [0.717, 1.165) is 38.3 Å². The number of ether oxygens (including phenoxy) is 4. The molecule has 13 heteroatoms. The second-order valence-corrected chi connectivity index (χ2v) is 16.6. The summed E-state index contributed by atoms with van der Waals surface area (Å²) >= 11 is 6.36. The molecule has 300 valence electrons. The zero-order chi connectivity index (χ0) is 39.9. The number of halogens is 1. The lowest BCUT2D eigenvalue weighted by Crippen LogP contribution is -2.51. The zero-order valence-corrected chi connectivity index (χ0v) is 33.9. The van der Waals surface area contributed by atoms with E-state index in [1.54, 1.807) is 38.1 Å². The number of hydrogen-bond acceptors (Lipinski definition) is 10. The smallest absolute Gasteiger partial charge is 0.347 e. The van der Waals surface area contributed by atoms with Gasteiger partial charge >= 0.3 is 11.9 Å². The Bertz CT molecular complexity index is 1690. The second kappa shape index (κ2) is 18.8. The minimum atomic E-state index is -1.21. The van der Waals surface area contributed by atoms with Gasteiger partial charge in [0, 0.05) is 58.0 Å². The van der Waals surface area contributed by atoms with Gasteiger partial charge in [0.15, 0.2) is 6.10 Å². The molecule has 12 nitrogen and oxygen atoms in total. The number of esters is 2. The van der Waals surface area contributed by atoms with Gasteiger partial charge in [-0.2, -0.15) is 0 Å². The molecule has 2 amide bonds. The number of methoxy groups -OCH3 is 1. The van der Waals surface area contributed by atoms with Crippen LogP contribution in [-0.4, -0.2) is 105 Å². The molecule has 5 rings (SSSR count). The molecular weight excluding hydrogens is 724 g/mol. The first-order valence-electron chi connectivity index (χ1n) is 19.3. The van der Waals surface area contributed by atoms with Crippen molar-refractivity contribution < 1.29 is 38.1 Å². The fraction of sp³-hybridized carbons (Fsp3) is 0.571. The standard InChI is InChI=1S/C42H57ClN4O8/c1-26(2)21-35-40(50)53-33(27(3)37-38(55-37)30-14-11-28(12-15-30)24-47-19-17-46(6)18-20-47)9-8-10-36(48)45-32(23-29-13-16-34(52-7)31(43)22-29)39(49)44-25-42(4,5)41(51)54-35/h8,10-16,22,26-27,32-33,35,37-38H,9,17-21,23-25H2,1-7H3,(H,44,49)(H,45,48)/t27-,32+,33-,35-,37+,38+/m0/s1. The van der Waals surface area contributed by atoms with Gasteiger partial charge in [-0.3, -0.25) is 19.3 Å². The quantitative estimate of drug-likeness (QED) is 0.254. The van der Waals surface area contributed by atoms with E-state index in [4.69, 9.17) is 30.5 Å². The van der Waals surface area contributed by atoms with Gasteiger partial charge in [-0.05, 0) is 68.1 Å². The molecule has 2 N–H and O–H groups in total. The number of benzene rings is 2. The molecule has 6 atom stereocenters. The van der Waals surface area contributed by atoms with Crippen LogP contribution in [0, 0.1) is 17.3 Å². The number of cyclic esters (lactones) is 2. The van der Waals surface area contributed by atoms with E-state index in [1.807, 2.05) is 20.8 Å². The van der Waals surface area contributed by atoms with Crippen LogP contribution in [0.2, 0.25) is 5.02 Å². The highest BCUT2D eigenvalue weighted by atomic mass is 35.5. The third-order valence-electron chi connectivity index (χ3n) is 10.6. The number of likely N-dealkylation sites (N-methyl/N-ethyl adjacent to an activating group) is 1. The number of rotatable bonds is 10. The molecule has 0 spiro atoms. The third-order valence-corrected chi connectivity index (χ3v) is 10.9. The molecule has 3 aliphatic heterocycles. The maximum absolute atomic E-state index is 13.8. The number of carbonyl (C=O) groups excluding carboxylic acids is 4. The van der Waals surface area contributed by atoms with Gasteiger partial charge in [-0.15, -0.1) is 0 Å². The van der Waals surface area contributed by atoms with Crippen LogP contribution in [0.15, 0.2) is 54.6 Å². The summed E-state index contributed by atoms with van der Waals surface area (Å²) in [6, 6.07) is 12.7. The molecule has 0 saturated carbocycles. The van der Waals surface area contributed by atoms with Crippen molar-refractivity contribution in [2.75, 3.05) is 46.9 Å². The summed E-state index contributed by atoms with van der Waals surface area (Å²) in [5, 5.41) is 5.96. The molecule has 2 fully saturated rings. The summed E-state index contributed by atoms with van der Waals surface area (Å²) in [4.78, 5) is 59.0. The Balaban J connectivity index is 1.34. The van der Waals surface area contributed by atoms with Crippen molar-refractivity contribution >= 4 is 35.4 Å². The first kappa shape index (κ1) is 42.2.